The van der Waals surface area contributed by atoms with Crippen LogP contribution in [0, 0.1) is 0 Å². The molecule has 0 saturated carbocycles. The third kappa shape index (κ3) is 2.53. The van der Waals surface area contributed by atoms with Crippen LogP contribution >= 0.6 is 0 Å². The van der Waals surface area contributed by atoms with E-state index in [0.29, 0.717) is 5.56 Å². The topological polar surface area (TPSA) is 32.8 Å². The van der Waals surface area contributed by atoms with E-state index in [4.69, 9.17) is 4.74 Å². The third-order valence-corrected chi connectivity index (χ3v) is 2.31. The van der Waals surface area contributed by atoms with Crippen LogP contribution in [0.2, 0.25) is 0 Å². The highest BCUT2D eigenvalue weighted by Crippen LogP contribution is 2.05. The molecule has 1 aromatic carbocycles. The van der Waals surface area contributed by atoms with E-state index >= 15 is 0 Å². The van der Waals surface area contributed by atoms with Crippen molar-refractivity contribution in [3.8, 4) is 0 Å². The van der Waals surface area contributed by atoms with Crippen molar-refractivity contribution in [2.24, 2.45) is 0 Å². The number of ether oxygens (including phenoxy) is 1. The summed E-state index contributed by atoms with van der Waals surface area (Å²) >= 11 is 0. The standard InChI is InChI=1S/C12H14N2O2/c1-13-7-8-14(9-13)10-16-12(15)11-5-3-2-4-6-11/h2-8H,9-10H2,1H3. The SMILES string of the molecule is CN1C=CN(COC(=O)c2ccccc2)C1. The molecule has 1 heterocycles. The molecule has 0 saturated heterocycles. The van der Waals surface area contributed by atoms with Crippen LogP contribution in [0.4, 0.5) is 0 Å². The van der Waals surface area contributed by atoms with Gasteiger partial charge >= 0.3 is 5.97 Å². The summed E-state index contributed by atoms with van der Waals surface area (Å²) in [5.41, 5.74) is 0.582. The molecule has 0 aromatic heterocycles. The molecule has 84 valence electrons. The van der Waals surface area contributed by atoms with Crippen LogP contribution in [0.15, 0.2) is 42.7 Å². The normalized spacial score (nSPS) is 14.3. The fraction of sp³-hybridized carbons (Fsp3) is 0.250. The van der Waals surface area contributed by atoms with Crippen molar-refractivity contribution in [1.82, 2.24) is 9.80 Å². The Hall–Kier alpha value is -1.97. The van der Waals surface area contributed by atoms with Gasteiger partial charge in [-0.3, -0.25) is 0 Å². The van der Waals surface area contributed by atoms with Gasteiger partial charge < -0.3 is 14.5 Å². The van der Waals surface area contributed by atoms with E-state index in [1.165, 1.54) is 0 Å². The molecule has 0 bridgehead atoms. The number of hydrogen-bond acceptors (Lipinski definition) is 4. The lowest BCUT2D eigenvalue weighted by molar-refractivity contribution is 0.0291. The zero-order valence-electron chi connectivity index (χ0n) is 9.17. The molecule has 0 aliphatic carbocycles. The fourth-order valence-corrected chi connectivity index (χ4v) is 1.47. The smallest absolute Gasteiger partial charge is 0.339 e. The predicted molar refractivity (Wildman–Crippen MR) is 60.3 cm³/mol. The van der Waals surface area contributed by atoms with Crippen molar-refractivity contribution in [2.75, 3.05) is 20.4 Å². The molecular formula is C12H14N2O2. The van der Waals surface area contributed by atoms with E-state index in [2.05, 4.69) is 0 Å². The second kappa shape index (κ2) is 4.70. The lowest BCUT2D eigenvalue weighted by Gasteiger charge is -2.17. The molecule has 0 fully saturated rings. The van der Waals surface area contributed by atoms with E-state index in [-0.39, 0.29) is 12.7 Å². The number of benzene rings is 1. The molecule has 4 nitrogen and oxygen atoms in total. The first-order chi connectivity index (χ1) is 7.75. The summed E-state index contributed by atoms with van der Waals surface area (Å²) in [5.74, 6) is -0.288. The van der Waals surface area contributed by atoms with Crippen LogP contribution in [0.25, 0.3) is 0 Å². The van der Waals surface area contributed by atoms with Gasteiger partial charge in [-0.05, 0) is 12.1 Å². The van der Waals surface area contributed by atoms with E-state index < -0.39 is 0 Å². The molecule has 0 atom stereocenters. The molecule has 0 spiro atoms. The van der Waals surface area contributed by atoms with Crippen LogP contribution in [-0.2, 0) is 4.74 Å². The minimum atomic E-state index is -0.288. The second-order valence-corrected chi connectivity index (χ2v) is 3.71. The maximum absolute atomic E-state index is 11.6. The van der Waals surface area contributed by atoms with Crippen molar-refractivity contribution in [1.29, 1.82) is 0 Å². The van der Waals surface area contributed by atoms with Crippen molar-refractivity contribution in [2.45, 2.75) is 0 Å². The van der Waals surface area contributed by atoms with E-state index in [1.54, 1.807) is 12.1 Å². The number of carbonyl (C=O) groups is 1. The van der Waals surface area contributed by atoms with Crippen molar-refractivity contribution >= 4 is 5.97 Å². The number of nitrogens with zero attached hydrogens (tertiary/aromatic N) is 2. The minimum Gasteiger partial charge on any atom is -0.441 e. The average Bonchev–Trinajstić information content (AvgIpc) is 2.73. The molecule has 0 unspecified atom stereocenters. The lowest BCUT2D eigenvalue weighted by atomic mass is 10.2. The monoisotopic (exact) mass is 218 g/mol. The number of carbonyl (C=O) groups excluding carboxylic acids is 1. The maximum atomic E-state index is 11.6. The Morgan fingerprint density at radius 3 is 2.69 bits per heavy atom. The first kappa shape index (κ1) is 10.5. The number of esters is 1. The third-order valence-electron chi connectivity index (χ3n) is 2.31. The van der Waals surface area contributed by atoms with Gasteiger partial charge in [0, 0.05) is 19.4 Å². The first-order valence-electron chi connectivity index (χ1n) is 5.10. The molecule has 0 amide bonds. The van der Waals surface area contributed by atoms with Gasteiger partial charge in [0.2, 0.25) is 0 Å². The molecule has 1 aromatic rings. The second-order valence-electron chi connectivity index (χ2n) is 3.71. The zero-order valence-corrected chi connectivity index (χ0v) is 9.17. The summed E-state index contributed by atoms with van der Waals surface area (Å²) in [4.78, 5) is 15.5. The summed E-state index contributed by atoms with van der Waals surface area (Å²) in [6.07, 6.45) is 3.84. The summed E-state index contributed by atoms with van der Waals surface area (Å²) < 4.78 is 5.17. The molecule has 16 heavy (non-hydrogen) atoms. The Kier molecular flexibility index (Phi) is 3.10. The lowest BCUT2D eigenvalue weighted by Crippen LogP contribution is -2.26. The summed E-state index contributed by atoms with van der Waals surface area (Å²) in [5, 5.41) is 0. The summed E-state index contributed by atoms with van der Waals surface area (Å²) in [6.45, 7) is 1.04. The zero-order chi connectivity index (χ0) is 11.4. The van der Waals surface area contributed by atoms with Gasteiger partial charge in [-0.2, -0.15) is 0 Å². The van der Waals surface area contributed by atoms with Crippen LogP contribution in [0.3, 0.4) is 0 Å². The van der Waals surface area contributed by atoms with Crippen LogP contribution in [0.5, 0.6) is 0 Å². The fourth-order valence-electron chi connectivity index (χ4n) is 1.47. The van der Waals surface area contributed by atoms with Crippen molar-refractivity contribution in [3.63, 3.8) is 0 Å². The van der Waals surface area contributed by atoms with Crippen molar-refractivity contribution < 1.29 is 9.53 Å². The van der Waals surface area contributed by atoms with E-state index in [9.17, 15) is 4.79 Å². The minimum absolute atomic E-state index is 0.286. The highest BCUT2D eigenvalue weighted by atomic mass is 16.5. The Labute approximate surface area is 94.7 Å². The van der Waals surface area contributed by atoms with Crippen molar-refractivity contribution in [3.05, 3.63) is 48.3 Å². The summed E-state index contributed by atoms with van der Waals surface area (Å²) in [6, 6.07) is 9.00. The van der Waals surface area contributed by atoms with E-state index in [0.717, 1.165) is 6.67 Å². The number of hydrogen-bond donors (Lipinski definition) is 0. The predicted octanol–water partition coefficient (Wildman–Crippen LogP) is 1.48. The molecule has 1 aliphatic heterocycles. The molecule has 0 N–H and O–H groups in total. The molecule has 1 aliphatic rings. The van der Waals surface area contributed by atoms with Gasteiger partial charge in [0.05, 0.1) is 12.2 Å². The van der Waals surface area contributed by atoms with Gasteiger partial charge in [0.25, 0.3) is 0 Å². The van der Waals surface area contributed by atoms with Crippen LogP contribution < -0.4 is 0 Å². The highest BCUT2D eigenvalue weighted by Gasteiger charge is 2.11. The molecule has 2 rings (SSSR count). The number of rotatable bonds is 3. The highest BCUT2D eigenvalue weighted by molar-refractivity contribution is 5.89. The average molecular weight is 218 g/mol. The van der Waals surface area contributed by atoms with Crippen LogP contribution in [0.1, 0.15) is 10.4 Å². The summed E-state index contributed by atoms with van der Waals surface area (Å²) in [7, 11) is 1.97. The van der Waals surface area contributed by atoms with Crippen LogP contribution in [-0.4, -0.2) is 36.2 Å². The van der Waals surface area contributed by atoms with Gasteiger partial charge in [-0.25, -0.2) is 4.79 Å². The first-order valence-corrected chi connectivity index (χ1v) is 5.10. The quantitative estimate of drug-likeness (QED) is 0.719. The van der Waals surface area contributed by atoms with Gasteiger partial charge in [-0.15, -0.1) is 0 Å². The molecular weight excluding hydrogens is 204 g/mol. The van der Waals surface area contributed by atoms with E-state index in [1.807, 2.05) is 47.4 Å². The molecule has 0 radical (unpaired) electrons. The largest absolute Gasteiger partial charge is 0.441 e. The Balaban J connectivity index is 1.83. The Morgan fingerprint density at radius 2 is 2.06 bits per heavy atom. The Morgan fingerprint density at radius 1 is 1.31 bits per heavy atom. The van der Waals surface area contributed by atoms with Gasteiger partial charge in [0.1, 0.15) is 0 Å². The Bertz CT molecular complexity index is 389. The van der Waals surface area contributed by atoms with Gasteiger partial charge in [-0.1, -0.05) is 18.2 Å². The molecule has 4 heteroatoms. The maximum Gasteiger partial charge on any atom is 0.339 e. The van der Waals surface area contributed by atoms with Gasteiger partial charge in [0.15, 0.2) is 6.73 Å².